The Hall–Kier alpha value is -2.01. The fourth-order valence-electron chi connectivity index (χ4n) is 3.19. The van der Waals surface area contributed by atoms with Crippen molar-refractivity contribution in [2.45, 2.75) is 78.7 Å². The molecule has 0 saturated carbocycles. The minimum absolute atomic E-state index is 0.0441. The topological polar surface area (TPSA) is 150 Å². The molecule has 0 aromatic rings. The molecule has 32 heavy (non-hydrogen) atoms. The van der Waals surface area contributed by atoms with Gasteiger partial charge in [-0.05, 0) is 20.3 Å². The SMILES string of the molecule is CCOP(=O)(CC[C@H]1O[C@H](OC(C)=O)[C@@H](OC(C)=O)[C@@H](OC(C)=O)[C@@H]1OC(C)=O)OCC. The molecule has 0 aliphatic carbocycles. The average Bonchev–Trinajstić information content (AvgIpc) is 2.64. The molecule has 1 heterocycles. The molecule has 0 spiro atoms. The molecule has 0 aromatic carbocycles. The highest BCUT2D eigenvalue weighted by Crippen LogP contribution is 2.49. The van der Waals surface area contributed by atoms with Crippen LogP contribution in [0.5, 0.6) is 0 Å². The lowest BCUT2D eigenvalue weighted by atomic mass is 9.96. The van der Waals surface area contributed by atoms with Crippen molar-refractivity contribution in [3.63, 3.8) is 0 Å². The first kappa shape index (κ1) is 28.0. The fourth-order valence-corrected chi connectivity index (χ4v) is 4.88. The Morgan fingerprint density at radius 1 is 0.719 bits per heavy atom. The summed E-state index contributed by atoms with van der Waals surface area (Å²) in [5.74, 6) is -3.02. The van der Waals surface area contributed by atoms with E-state index >= 15 is 0 Å². The van der Waals surface area contributed by atoms with Gasteiger partial charge in [0.2, 0.25) is 12.4 Å². The van der Waals surface area contributed by atoms with E-state index in [1.807, 2.05) is 0 Å². The van der Waals surface area contributed by atoms with Gasteiger partial charge in [-0.15, -0.1) is 0 Å². The van der Waals surface area contributed by atoms with Crippen LogP contribution in [0.2, 0.25) is 0 Å². The molecule has 12 nitrogen and oxygen atoms in total. The monoisotopic (exact) mass is 482 g/mol. The zero-order valence-electron chi connectivity index (χ0n) is 19.1. The third-order valence-electron chi connectivity index (χ3n) is 4.12. The molecule has 184 valence electrons. The highest BCUT2D eigenvalue weighted by Gasteiger charge is 2.53. The molecule has 1 aliphatic rings. The van der Waals surface area contributed by atoms with Gasteiger partial charge >= 0.3 is 31.5 Å². The van der Waals surface area contributed by atoms with E-state index in [-0.39, 0.29) is 25.8 Å². The summed E-state index contributed by atoms with van der Waals surface area (Å²) in [6.45, 7) is 8.03. The highest BCUT2D eigenvalue weighted by molar-refractivity contribution is 7.53. The first-order valence-electron chi connectivity index (χ1n) is 10.1. The summed E-state index contributed by atoms with van der Waals surface area (Å²) in [4.78, 5) is 46.8. The zero-order chi connectivity index (χ0) is 24.5. The molecule has 0 unspecified atom stereocenters. The third kappa shape index (κ3) is 8.85. The largest absolute Gasteiger partial charge is 0.456 e. The van der Waals surface area contributed by atoms with Crippen LogP contribution in [-0.4, -0.2) is 74.0 Å². The molecule has 1 rings (SSSR count). The number of hydrogen-bond acceptors (Lipinski definition) is 12. The van der Waals surface area contributed by atoms with E-state index in [9.17, 15) is 23.7 Å². The lowest BCUT2D eigenvalue weighted by Gasteiger charge is -2.44. The second kappa shape index (κ2) is 12.9. The van der Waals surface area contributed by atoms with Gasteiger partial charge in [-0.25, -0.2) is 0 Å². The standard InChI is InChI=1S/C19H31O12P/c1-7-25-32(24,26-8-2)10-9-15-16(27-11(3)20)17(28-12(4)21)18(29-13(5)22)19(31-15)30-14(6)23/h15-19H,7-10H2,1-6H3/t15-,16-,17+,18+,19+/m1/s1. The molecule has 0 aromatic heterocycles. The van der Waals surface area contributed by atoms with Crippen molar-refractivity contribution >= 4 is 31.5 Å². The van der Waals surface area contributed by atoms with E-state index in [2.05, 4.69) is 0 Å². The van der Waals surface area contributed by atoms with E-state index in [1.165, 1.54) is 0 Å². The summed E-state index contributed by atoms with van der Waals surface area (Å²) in [6, 6.07) is 0. The molecule has 0 N–H and O–H groups in total. The molecule has 1 saturated heterocycles. The predicted octanol–water partition coefficient (Wildman–Crippen LogP) is 1.73. The number of carbonyl (C=O) groups is 4. The van der Waals surface area contributed by atoms with Gasteiger partial charge in [0.25, 0.3) is 0 Å². The zero-order valence-corrected chi connectivity index (χ0v) is 20.0. The Bertz CT molecular complexity index is 713. The van der Waals surface area contributed by atoms with Crippen molar-refractivity contribution in [1.29, 1.82) is 0 Å². The van der Waals surface area contributed by atoms with E-state index in [0.717, 1.165) is 27.7 Å². The van der Waals surface area contributed by atoms with Gasteiger partial charge in [-0.2, -0.15) is 0 Å². The normalized spacial score (nSPS) is 25.5. The summed E-state index contributed by atoms with van der Waals surface area (Å²) in [7, 11) is -3.50. The smallest absolute Gasteiger partial charge is 0.330 e. The number of carbonyl (C=O) groups excluding carboxylic acids is 4. The van der Waals surface area contributed by atoms with Crippen molar-refractivity contribution in [1.82, 2.24) is 0 Å². The maximum Gasteiger partial charge on any atom is 0.330 e. The van der Waals surface area contributed by atoms with Crippen molar-refractivity contribution in [3.05, 3.63) is 0 Å². The van der Waals surface area contributed by atoms with Gasteiger partial charge in [0.1, 0.15) is 6.10 Å². The Kier molecular flexibility index (Phi) is 11.3. The van der Waals surface area contributed by atoms with Crippen molar-refractivity contribution in [2.24, 2.45) is 0 Å². The van der Waals surface area contributed by atoms with Crippen molar-refractivity contribution < 1.29 is 56.5 Å². The molecule has 13 heteroatoms. The Labute approximate surface area is 186 Å². The average molecular weight is 482 g/mol. The van der Waals surface area contributed by atoms with Gasteiger partial charge in [0.05, 0.1) is 19.4 Å². The third-order valence-corrected chi connectivity index (χ3v) is 6.23. The van der Waals surface area contributed by atoms with E-state index in [0.29, 0.717) is 0 Å². The summed E-state index contributed by atoms with van der Waals surface area (Å²) in [6.07, 6.45) is -6.74. The van der Waals surface area contributed by atoms with Crippen molar-refractivity contribution in [2.75, 3.05) is 19.4 Å². The summed E-state index contributed by atoms with van der Waals surface area (Å²) >= 11 is 0. The van der Waals surface area contributed by atoms with Crippen LogP contribution < -0.4 is 0 Å². The second-order valence-electron chi connectivity index (χ2n) is 6.83. The molecule has 1 aliphatic heterocycles. The summed E-state index contributed by atoms with van der Waals surface area (Å²) in [5, 5.41) is 0. The lowest BCUT2D eigenvalue weighted by molar-refractivity contribution is -0.296. The summed E-state index contributed by atoms with van der Waals surface area (Å²) < 4.78 is 50.1. The van der Waals surface area contributed by atoms with Gasteiger partial charge in [0, 0.05) is 27.7 Å². The molecular formula is C19H31O12P. The van der Waals surface area contributed by atoms with E-state index < -0.39 is 62.2 Å². The number of esters is 4. The van der Waals surface area contributed by atoms with Crippen LogP contribution >= 0.6 is 7.60 Å². The Morgan fingerprint density at radius 2 is 1.16 bits per heavy atom. The first-order valence-corrected chi connectivity index (χ1v) is 11.9. The molecule has 1 fully saturated rings. The number of hydrogen-bond donors (Lipinski definition) is 0. The second-order valence-corrected chi connectivity index (χ2v) is 9.02. The molecular weight excluding hydrogens is 451 g/mol. The number of rotatable bonds is 11. The predicted molar refractivity (Wildman–Crippen MR) is 107 cm³/mol. The molecule has 0 bridgehead atoms. The van der Waals surface area contributed by atoms with Crippen LogP contribution in [0.4, 0.5) is 0 Å². The highest BCUT2D eigenvalue weighted by atomic mass is 31.2. The van der Waals surface area contributed by atoms with Crippen LogP contribution in [-0.2, 0) is 56.5 Å². The van der Waals surface area contributed by atoms with E-state index in [4.69, 9.17) is 32.7 Å². The lowest BCUT2D eigenvalue weighted by Crippen LogP contribution is -2.62. The number of ether oxygens (including phenoxy) is 5. The maximum absolute atomic E-state index is 12.9. The minimum Gasteiger partial charge on any atom is -0.456 e. The molecule has 5 atom stereocenters. The summed E-state index contributed by atoms with van der Waals surface area (Å²) in [5.41, 5.74) is 0. The fraction of sp³-hybridized carbons (Fsp3) is 0.789. The Morgan fingerprint density at radius 3 is 1.59 bits per heavy atom. The maximum atomic E-state index is 12.9. The quantitative estimate of drug-likeness (QED) is 0.240. The van der Waals surface area contributed by atoms with Gasteiger partial charge in [-0.1, -0.05) is 0 Å². The van der Waals surface area contributed by atoms with Crippen LogP contribution in [0.15, 0.2) is 0 Å². The Balaban J connectivity index is 3.33. The molecule has 0 amide bonds. The van der Waals surface area contributed by atoms with Crippen LogP contribution in [0.25, 0.3) is 0 Å². The molecule has 0 radical (unpaired) electrons. The van der Waals surface area contributed by atoms with Crippen LogP contribution in [0.1, 0.15) is 48.0 Å². The van der Waals surface area contributed by atoms with Crippen LogP contribution in [0, 0.1) is 0 Å². The van der Waals surface area contributed by atoms with Crippen LogP contribution in [0.3, 0.4) is 0 Å². The van der Waals surface area contributed by atoms with Gasteiger partial charge in [-0.3, -0.25) is 23.7 Å². The van der Waals surface area contributed by atoms with Gasteiger partial charge < -0.3 is 32.7 Å². The van der Waals surface area contributed by atoms with Gasteiger partial charge in [0.15, 0.2) is 12.2 Å². The van der Waals surface area contributed by atoms with Crippen molar-refractivity contribution in [3.8, 4) is 0 Å². The first-order chi connectivity index (χ1) is 14.9. The minimum atomic E-state index is -3.50. The van der Waals surface area contributed by atoms with E-state index in [1.54, 1.807) is 13.8 Å².